The number of carbonyl (C=O) groups excluding carboxylic acids is 4. The van der Waals surface area contributed by atoms with Crippen LogP contribution in [-0.2, 0) is 54.8 Å². The van der Waals surface area contributed by atoms with Crippen LogP contribution in [-0.4, -0.2) is 183 Å². The number of ether oxygens (including phenoxy) is 7. The average molecular weight is 1550 g/mol. The van der Waals surface area contributed by atoms with Crippen LogP contribution in [0.1, 0.15) is 248 Å². The van der Waals surface area contributed by atoms with Crippen molar-refractivity contribution < 1.29 is 71.9 Å². The number of methoxy groups -OCH3 is 1. The van der Waals surface area contributed by atoms with Gasteiger partial charge in [0.2, 0.25) is 0 Å². The van der Waals surface area contributed by atoms with Crippen LogP contribution in [0.15, 0.2) is 52.9 Å². The Kier molecular flexibility index (Phi) is 32.0. The number of carbonyl (C=O) groups is 4. The normalized spacial score (nSPS) is 36.2. The molecule has 11 N–H and O–H groups in total. The summed E-state index contributed by atoms with van der Waals surface area (Å²) in [6.07, 6.45) is 19.4. The maximum Gasteiger partial charge on any atom is 0.407 e. The van der Waals surface area contributed by atoms with Gasteiger partial charge in [-0.15, -0.1) is 12.4 Å². The highest BCUT2D eigenvalue weighted by Crippen LogP contribution is 2.48. The van der Waals surface area contributed by atoms with Crippen molar-refractivity contribution >= 4 is 63.3 Å². The van der Waals surface area contributed by atoms with Crippen molar-refractivity contribution in [2.24, 2.45) is 45.2 Å². The van der Waals surface area contributed by atoms with Crippen LogP contribution < -0.4 is 37.5 Å². The maximum atomic E-state index is 14.7. The molecule has 3 amide bonds. The second-order valence-corrected chi connectivity index (χ2v) is 38.7. The van der Waals surface area contributed by atoms with E-state index >= 15 is 0 Å². The van der Waals surface area contributed by atoms with E-state index in [0.717, 1.165) is 139 Å². The fourth-order valence-corrected chi connectivity index (χ4v) is 19.6. The fraction of sp³-hybridized carbons (Fsp3) is 0.778. The van der Waals surface area contributed by atoms with Gasteiger partial charge < -0.3 is 81.2 Å². The number of aliphatic hydroxyl groups is 3. The van der Waals surface area contributed by atoms with Gasteiger partial charge in [-0.2, -0.15) is 4.36 Å². The van der Waals surface area contributed by atoms with Crippen LogP contribution in [0, 0.1) is 23.7 Å². The van der Waals surface area contributed by atoms with Gasteiger partial charge in [0, 0.05) is 98.4 Å². The smallest absolute Gasteiger partial charge is 0.407 e. The molecule has 106 heavy (non-hydrogen) atoms. The van der Waals surface area contributed by atoms with Crippen LogP contribution in [0.25, 0.3) is 0 Å². The van der Waals surface area contributed by atoms with E-state index in [4.69, 9.17) is 72.2 Å². The molecule has 12 rings (SSSR count). The maximum absolute atomic E-state index is 14.7. The number of allylic oxidation sites excluding steroid dienone is 1. The lowest BCUT2D eigenvalue weighted by atomic mass is 9.68. The molecule has 0 aromatic heterocycles. The molecule has 2 aliphatic heterocycles. The third-order valence-electron chi connectivity index (χ3n) is 21.8. The lowest BCUT2D eigenvalue weighted by Crippen LogP contribution is -2.55. The Morgan fingerprint density at radius 1 is 0.717 bits per heavy atom. The topological polar surface area (TPSA) is 328 Å². The van der Waals surface area contributed by atoms with E-state index in [1.54, 1.807) is 20.1 Å². The molecule has 0 radical (unpaired) electrons. The minimum Gasteiger partial charge on any atom is -0.490 e. The van der Waals surface area contributed by atoms with Crippen molar-refractivity contribution in [3.8, 4) is 5.75 Å². The summed E-state index contributed by atoms with van der Waals surface area (Å²) in [4.78, 5) is 52.7. The van der Waals surface area contributed by atoms with Crippen LogP contribution in [0.3, 0.4) is 0 Å². The lowest BCUT2D eigenvalue weighted by Gasteiger charge is -2.46. The predicted octanol–water partition coefficient (Wildman–Crippen LogP) is 13.2. The fourth-order valence-electron chi connectivity index (χ4n) is 17.1. The highest BCUT2D eigenvalue weighted by Gasteiger charge is 2.48. The van der Waals surface area contributed by atoms with Gasteiger partial charge >= 0.3 is 12.2 Å². The third-order valence-corrected chi connectivity index (χ3v) is 24.4. The molecule has 0 unspecified atom stereocenters. The van der Waals surface area contributed by atoms with E-state index < -0.39 is 49.7 Å². The Bertz CT molecular complexity index is 3340. The van der Waals surface area contributed by atoms with Gasteiger partial charge in [-0.05, 0) is 285 Å². The molecule has 6 atom stereocenters. The summed E-state index contributed by atoms with van der Waals surface area (Å²) < 4.78 is 59.0. The molecule has 7 fully saturated rings. The van der Waals surface area contributed by atoms with Crippen molar-refractivity contribution in [1.29, 1.82) is 0 Å². The SMILES string of the molecule is CC1(O)CC(N)C1.CC1(O)CC(N)C1.CC1(O)CC(NC(=O)OC(C)(C)C)C1.CCOC1(C)CC(CC(=O)C[S@@]2(=O)=NC(=O)c3ccc4c(c3)N(C[C@@H]3CC[C@H]3[C@@H](OC)/C=C/C[C@H](C)C2)C[C@@]2(CCCc3cc(Cl)ccc32)CO4)C1.CCOC1(C)CC(N)C1.CCOC1(C)CC(NC(=O)OC(C)(C)C)C1.Cl. The van der Waals surface area contributed by atoms with Gasteiger partial charge in [0.25, 0.3) is 5.91 Å². The molecule has 2 aromatic carbocycles. The zero-order valence-corrected chi connectivity index (χ0v) is 69.4. The lowest BCUT2D eigenvalue weighted by molar-refractivity contribution is -0.129. The summed E-state index contributed by atoms with van der Waals surface area (Å²) in [7, 11) is -1.40. The first-order chi connectivity index (χ1) is 48.7. The average Bonchev–Trinajstić information content (AvgIpc) is 1.47. The highest BCUT2D eigenvalue weighted by atomic mass is 35.5. The van der Waals surface area contributed by atoms with E-state index in [2.05, 4.69) is 65.0 Å². The molecule has 2 aromatic rings. The number of nitrogens with two attached hydrogens (primary N) is 3. The van der Waals surface area contributed by atoms with Crippen molar-refractivity contribution in [3.63, 3.8) is 0 Å². The number of amides is 3. The van der Waals surface area contributed by atoms with Gasteiger partial charge in [-0.3, -0.25) is 9.59 Å². The first-order valence-corrected chi connectivity index (χ1v) is 41.1. The third kappa shape index (κ3) is 27.6. The molecular weight excluding hydrogens is 1410 g/mol. The number of benzene rings is 2. The Labute approximate surface area is 645 Å². The summed E-state index contributed by atoms with van der Waals surface area (Å²) in [5.74, 6) is 0.980. The molecule has 22 nitrogen and oxygen atoms in total. The van der Waals surface area contributed by atoms with Crippen LogP contribution >= 0.6 is 24.0 Å². The number of nitrogens with one attached hydrogen (secondary N) is 2. The number of aryl methyl sites for hydroxylation is 1. The number of hydrogen-bond acceptors (Lipinski definition) is 19. The molecule has 1 spiro atoms. The van der Waals surface area contributed by atoms with E-state index in [1.165, 1.54) is 11.1 Å². The van der Waals surface area contributed by atoms with E-state index in [0.29, 0.717) is 62.3 Å². The second-order valence-electron chi connectivity index (χ2n) is 35.9. The molecule has 7 saturated carbocycles. The number of halogens is 2. The highest BCUT2D eigenvalue weighted by molar-refractivity contribution is 7.94. The predicted molar refractivity (Wildman–Crippen MR) is 423 cm³/mol. The number of Topliss-reactive ketones (excluding diaryl/α,β-unsaturated/α-hetero) is 1. The van der Waals surface area contributed by atoms with Crippen molar-refractivity contribution in [1.82, 2.24) is 10.6 Å². The molecule has 10 aliphatic rings. The Morgan fingerprint density at radius 2 is 1.23 bits per heavy atom. The summed E-state index contributed by atoms with van der Waals surface area (Å²) in [6, 6.07) is 12.9. The summed E-state index contributed by atoms with van der Waals surface area (Å²) in [6.45, 7) is 35.0. The zero-order valence-electron chi connectivity index (χ0n) is 67.0. The summed E-state index contributed by atoms with van der Waals surface area (Å²) in [5, 5.41) is 33.7. The minimum atomic E-state index is -3.19. The van der Waals surface area contributed by atoms with Crippen LogP contribution in [0.4, 0.5) is 15.3 Å². The van der Waals surface area contributed by atoms with Gasteiger partial charge in [0.1, 0.15) is 22.7 Å². The number of rotatable bonds is 13. The molecular formula is C81H135Cl2N7O15S. The van der Waals surface area contributed by atoms with Gasteiger partial charge in [-0.25, -0.2) is 13.8 Å². The number of alkyl carbamates (subject to hydrolysis) is 2. The largest absolute Gasteiger partial charge is 0.490 e. The number of nitrogens with zero attached hydrogens (tertiary/aromatic N) is 2. The minimum absolute atomic E-state index is 0. The van der Waals surface area contributed by atoms with E-state index in [1.807, 2.05) is 101 Å². The van der Waals surface area contributed by atoms with Gasteiger partial charge in [-0.1, -0.05) is 36.7 Å². The number of fused-ring (bicyclic) bond motifs is 4. The molecule has 2 bridgehead atoms. The van der Waals surface area contributed by atoms with E-state index in [-0.39, 0.29) is 100 Å². The van der Waals surface area contributed by atoms with E-state index in [9.17, 15) is 28.5 Å². The Morgan fingerprint density at radius 3 is 1.69 bits per heavy atom. The first-order valence-electron chi connectivity index (χ1n) is 38.8. The quantitative estimate of drug-likeness (QED) is 0.0864. The summed E-state index contributed by atoms with van der Waals surface area (Å²) in [5.41, 5.74) is 17.4. The molecule has 8 aliphatic carbocycles. The number of hydrogen-bond donors (Lipinski definition) is 8. The first kappa shape index (κ1) is 90.7. The molecule has 604 valence electrons. The van der Waals surface area contributed by atoms with Gasteiger partial charge in [0.05, 0.1) is 67.5 Å². The molecule has 25 heteroatoms. The Balaban J connectivity index is 0.000000260. The standard InChI is InChI=1S/C42H55ClN2O6S.C12H23NO3.C10H19NO3.C7H15NO.2C5H11NO.ClH/c1-5-51-41(3)21-29(22-41)18-34(46)25-52(48)24-28(2)8-6-10-38(49-4)35-14-11-32(35)23-45-26-42(17-7-9-30-19-33(43)13-15-36(30)42)27-50-39-16-12-31(20-37(39)45)40(47)44-52;1-6-15-12(5)7-9(8-12)13-10(14)16-11(2,3)4;1-9(2,3)14-8(12)11-7-5-10(4,13)6-7;1-3-9-7(2)4-6(8)5-7;2*1-5(7)2-4(6)3-5;/h6,10,12-13,15-16,19-20,28-29,32,35,38H,5,7-9,11,14,17-18,21-27H2,1-4H3;9H,6-8H2,1-5H3,(H,13,14);7,13H,5-6H2,1-4H3,(H,11,12);6H,3-5,8H2,1-2H3;2*4,7H,2-3,6H2,1H3;1H/b10-6+;;;;;;/t28-,29?,32-,35+,38-,41?,42-,52+;;;;;;/m0....../s1. The van der Waals surface area contributed by atoms with Crippen LogP contribution in [0.2, 0.25) is 5.02 Å². The van der Waals surface area contributed by atoms with Crippen molar-refractivity contribution in [3.05, 3.63) is 70.3 Å². The number of anilines is 1. The Hall–Kier alpha value is -4.21. The monoisotopic (exact) mass is 1550 g/mol. The van der Waals surface area contributed by atoms with Gasteiger partial charge in [0.15, 0.2) is 0 Å². The van der Waals surface area contributed by atoms with Crippen molar-refractivity contribution in [2.45, 2.75) is 319 Å². The van der Waals surface area contributed by atoms with Crippen LogP contribution in [0.5, 0.6) is 5.75 Å². The summed E-state index contributed by atoms with van der Waals surface area (Å²) >= 11 is 6.47. The molecule has 2 heterocycles. The zero-order chi connectivity index (χ0) is 77.9. The molecule has 0 saturated heterocycles. The van der Waals surface area contributed by atoms with Crippen molar-refractivity contribution in [2.75, 3.05) is 63.0 Å². The number of ketones is 1. The second kappa shape index (κ2) is 37.4.